The van der Waals surface area contributed by atoms with Crippen LogP contribution in [0.2, 0.25) is 0 Å². The van der Waals surface area contributed by atoms with Crippen LogP contribution in [0.5, 0.6) is 0 Å². The molecule has 7 rings (SSSR count). The summed E-state index contributed by atoms with van der Waals surface area (Å²) in [6.45, 7) is 2.11. The van der Waals surface area contributed by atoms with Gasteiger partial charge in [-0.1, -0.05) is 6.07 Å². The second-order valence-corrected chi connectivity index (χ2v) is 14.0. The SMILES string of the molecule is CC(=O)c1cc(-c2cnc(N3CC4(COC4)C3)nc2[C@@H](CC(=O)Cn2nc(C(F)F)c3c2C(F)(F)CCC3(F)F)Cc2cc(F)cc(F)c2)ccc1F. The summed E-state index contributed by atoms with van der Waals surface area (Å²) in [5.74, 6) is -13.3. The fourth-order valence-electron chi connectivity index (χ4n) is 7.33. The van der Waals surface area contributed by atoms with Gasteiger partial charge < -0.3 is 9.64 Å². The Bertz CT molecular complexity index is 2090. The Balaban J connectivity index is 1.32. The lowest BCUT2D eigenvalue weighted by Gasteiger charge is -2.54. The van der Waals surface area contributed by atoms with Gasteiger partial charge in [0.1, 0.15) is 35.4 Å². The molecule has 0 saturated carbocycles. The van der Waals surface area contributed by atoms with Gasteiger partial charge in [0.2, 0.25) is 5.95 Å². The minimum Gasteiger partial charge on any atom is -0.380 e. The highest BCUT2D eigenvalue weighted by Crippen LogP contribution is 2.52. The Morgan fingerprint density at radius 3 is 2.23 bits per heavy atom. The molecule has 2 saturated heterocycles. The number of benzene rings is 2. The molecule has 8 nitrogen and oxygen atoms in total. The molecule has 1 aliphatic carbocycles. The molecular weight excluding hydrogens is 721 g/mol. The fourth-order valence-corrected chi connectivity index (χ4v) is 7.33. The van der Waals surface area contributed by atoms with Crippen LogP contribution in [0.4, 0.5) is 45.5 Å². The molecule has 2 fully saturated rings. The van der Waals surface area contributed by atoms with Crippen LogP contribution in [-0.4, -0.2) is 57.6 Å². The van der Waals surface area contributed by atoms with Crippen molar-refractivity contribution in [2.45, 2.75) is 63.3 Å². The molecule has 4 aromatic rings. The number of hydrogen-bond donors (Lipinski definition) is 0. The highest BCUT2D eigenvalue weighted by atomic mass is 19.3. The van der Waals surface area contributed by atoms with Crippen molar-refractivity contribution in [2.75, 3.05) is 31.2 Å². The van der Waals surface area contributed by atoms with Crippen molar-refractivity contribution < 1.29 is 53.8 Å². The maximum absolute atomic E-state index is 15.1. The van der Waals surface area contributed by atoms with E-state index < -0.39 is 96.0 Å². The summed E-state index contributed by atoms with van der Waals surface area (Å²) in [6, 6.07) is 6.25. The molecule has 0 radical (unpaired) electrons. The molecule has 2 aromatic heterocycles. The van der Waals surface area contributed by atoms with Crippen molar-refractivity contribution in [3.05, 3.63) is 93.8 Å². The van der Waals surface area contributed by atoms with E-state index in [1.807, 2.05) is 4.90 Å². The van der Waals surface area contributed by atoms with Gasteiger partial charge in [0.25, 0.3) is 18.3 Å². The first-order valence-electron chi connectivity index (χ1n) is 16.6. The molecule has 1 spiro atoms. The standard InChI is InChI=1S/C36H30F9N5O3/c1-18(51)25-10-20(2-3-27(25)39)26-12-46-33(49-14-34(15-49)16-53-17-34)47-29(26)21(6-19-7-22(37)11-23(38)8-19)9-24(52)13-50-31-28(30(48-50)32(40)41)35(42,43)4-5-36(31,44)45/h2-3,7-8,10-12,21,32H,4-6,9,13-17H2,1H3/t21-/m1/s1. The van der Waals surface area contributed by atoms with Crippen LogP contribution < -0.4 is 4.90 Å². The molecule has 0 N–H and O–H groups in total. The van der Waals surface area contributed by atoms with E-state index in [1.165, 1.54) is 18.3 Å². The third kappa shape index (κ3) is 6.90. The molecule has 2 aromatic carbocycles. The van der Waals surface area contributed by atoms with Crippen molar-refractivity contribution >= 4 is 17.5 Å². The van der Waals surface area contributed by atoms with Crippen LogP contribution in [0.1, 0.15) is 77.1 Å². The summed E-state index contributed by atoms with van der Waals surface area (Å²) in [7, 11) is 0. The minimum absolute atomic E-state index is 0.0482. The van der Waals surface area contributed by atoms with Gasteiger partial charge in [-0.05, 0) is 48.7 Å². The summed E-state index contributed by atoms with van der Waals surface area (Å²) in [5, 5.41) is 3.37. The Hall–Kier alpha value is -4.80. The predicted octanol–water partition coefficient (Wildman–Crippen LogP) is 7.70. The molecule has 2 aliphatic heterocycles. The van der Waals surface area contributed by atoms with Crippen molar-refractivity contribution in [2.24, 2.45) is 5.41 Å². The van der Waals surface area contributed by atoms with E-state index in [2.05, 4.69) is 10.1 Å². The second kappa shape index (κ2) is 13.2. The van der Waals surface area contributed by atoms with E-state index in [0.29, 0.717) is 32.4 Å². The smallest absolute Gasteiger partial charge is 0.290 e. The molecule has 0 unspecified atom stereocenters. The van der Waals surface area contributed by atoms with Crippen LogP contribution in [0.15, 0.2) is 42.6 Å². The second-order valence-electron chi connectivity index (χ2n) is 14.0. The average Bonchev–Trinajstić information content (AvgIpc) is 3.43. The number of alkyl halides is 6. The van der Waals surface area contributed by atoms with Gasteiger partial charge in [-0.25, -0.2) is 40.7 Å². The topological polar surface area (TPSA) is 90.2 Å². The van der Waals surface area contributed by atoms with E-state index >= 15 is 8.78 Å². The monoisotopic (exact) mass is 751 g/mol. The van der Waals surface area contributed by atoms with Gasteiger partial charge in [0, 0.05) is 56.1 Å². The number of hydrogen-bond acceptors (Lipinski definition) is 7. The van der Waals surface area contributed by atoms with Gasteiger partial charge in [0.15, 0.2) is 11.6 Å². The third-order valence-corrected chi connectivity index (χ3v) is 9.86. The maximum atomic E-state index is 15.1. The molecule has 1 atom stereocenters. The number of anilines is 1. The van der Waals surface area contributed by atoms with Gasteiger partial charge in [-0.3, -0.25) is 14.3 Å². The Morgan fingerprint density at radius 1 is 0.925 bits per heavy atom. The first kappa shape index (κ1) is 36.6. The maximum Gasteiger partial charge on any atom is 0.290 e. The number of rotatable bonds is 11. The first-order chi connectivity index (χ1) is 24.9. The number of halogens is 9. The predicted molar refractivity (Wildman–Crippen MR) is 170 cm³/mol. The van der Waals surface area contributed by atoms with Gasteiger partial charge >= 0.3 is 0 Å². The molecule has 280 valence electrons. The quantitative estimate of drug-likeness (QED) is 0.115. The number of Topliss-reactive ketones (excluding diaryl/α,β-unsaturated/α-hetero) is 2. The number of carbonyl (C=O) groups is 2. The molecule has 3 aliphatic rings. The Morgan fingerprint density at radius 2 is 1.60 bits per heavy atom. The largest absolute Gasteiger partial charge is 0.380 e. The van der Waals surface area contributed by atoms with E-state index in [1.54, 1.807) is 0 Å². The first-order valence-corrected chi connectivity index (χ1v) is 16.6. The van der Waals surface area contributed by atoms with E-state index in [-0.39, 0.29) is 50.4 Å². The number of carbonyl (C=O) groups excluding carboxylic acids is 2. The zero-order valence-corrected chi connectivity index (χ0v) is 27.9. The number of ether oxygens (including phenoxy) is 1. The lowest BCUT2D eigenvalue weighted by atomic mass is 9.78. The van der Waals surface area contributed by atoms with Crippen molar-refractivity contribution in [3.63, 3.8) is 0 Å². The van der Waals surface area contributed by atoms with Gasteiger partial charge in [-0.15, -0.1) is 0 Å². The zero-order valence-electron chi connectivity index (χ0n) is 27.9. The average molecular weight is 752 g/mol. The van der Waals surface area contributed by atoms with E-state index in [9.17, 15) is 40.3 Å². The van der Waals surface area contributed by atoms with Crippen LogP contribution in [0, 0.1) is 22.9 Å². The summed E-state index contributed by atoms with van der Waals surface area (Å²) in [4.78, 5) is 37.1. The van der Waals surface area contributed by atoms with Crippen LogP contribution in [-0.2, 0) is 34.3 Å². The fraction of sp³-hybridized carbons (Fsp3) is 0.417. The number of nitrogens with zero attached hydrogens (tertiary/aromatic N) is 5. The highest BCUT2D eigenvalue weighted by molar-refractivity contribution is 5.95. The zero-order chi connectivity index (χ0) is 38.0. The van der Waals surface area contributed by atoms with E-state index in [4.69, 9.17) is 9.72 Å². The summed E-state index contributed by atoms with van der Waals surface area (Å²) >= 11 is 0. The lowest BCUT2D eigenvalue weighted by molar-refractivity contribution is -0.127. The summed E-state index contributed by atoms with van der Waals surface area (Å²) < 4.78 is 137. The molecule has 53 heavy (non-hydrogen) atoms. The van der Waals surface area contributed by atoms with Crippen molar-refractivity contribution in [1.29, 1.82) is 0 Å². The molecular formula is C36H30F9N5O3. The molecule has 17 heteroatoms. The van der Waals surface area contributed by atoms with Crippen LogP contribution in [0.25, 0.3) is 11.1 Å². The van der Waals surface area contributed by atoms with Crippen molar-refractivity contribution in [3.8, 4) is 11.1 Å². The molecule has 4 heterocycles. The molecule has 0 bridgehead atoms. The summed E-state index contributed by atoms with van der Waals surface area (Å²) in [5.41, 5.74) is -4.47. The molecule has 0 amide bonds. The van der Waals surface area contributed by atoms with Gasteiger partial charge in [-0.2, -0.15) is 13.9 Å². The van der Waals surface area contributed by atoms with Crippen molar-refractivity contribution in [1.82, 2.24) is 19.7 Å². The Kier molecular flexibility index (Phi) is 9.14. The van der Waals surface area contributed by atoms with Crippen LogP contribution in [0.3, 0.4) is 0 Å². The highest BCUT2D eigenvalue weighted by Gasteiger charge is 2.55. The Labute approximate surface area is 296 Å². The number of ketones is 2. The van der Waals surface area contributed by atoms with Crippen LogP contribution >= 0.6 is 0 Å². The lowest BCUT2D eigenvalue weighted by Crippen LogP contribution is -2.66. The normalized spacial score (nSPS) is 18.7. The number of aromatic nitrogens is 4. The van der Waals surface area contributed by atoms with Gasteiger partial charge in [0.05, 0.1) is 35.4 Å². The third-order valence-electron chi connectivity index (χ3n) is 9.86. The number of fused-ring (bicyclic) bond motifs is 1. The minimum atomic E-state index is -4.06. The summed E-state index contributed by atoms with van der Waals surface area (Å²) in [6.07, 6.45) is -5.99. The van der Waals surface area contributed by atoms with E-state index in [0.717, 1.165) is 25.1 Å².